The second-order valence-electron chi connectivity index (χ2n) is 3.51. The first-order valence-electron chi connectivity index (χ1n) is 5.01. The predicted octanol–water partition coefficient (Wildman–Crippen LogP) is 1.46. The third kappa shape index (κ3) is 2.96. The van der Waals surface area contributed by atoms with Crippen molar-refractivity contribution in [2.24, 2.45) is 0 Å². The quantitative estimate of drug-likeness (QED) is 0.814. The van der Waals surface area contributed by atoms with Crippen LogP contribution in [0.1, 0.15) is 18.4 Å². The fourth-order valence-electron chi connectivity index (χ4n) is 1.60. The summed E-state index contributed by atoms with van der Waals surface area (Å²) in [4.78, 5) is 7.96. The van der Waals surface area contributed by atoms with Crippen LogP contribution in [0, 0.1) is 0 Å². The van der Waals surface area contributed by atoms with E-state index >= 15 is 0 Å². The lowest BCUT2D eigenvalue weighted by Crippen LogP contribution is -2.22. The highest BCUT2D eigenvalue weighted by Crippen LogP contribution is 2.25. The van der Waals surface area contributed by atoms with Gasteiger partial charge < -0.3 is 5.32 Å². The first kappa shape index (κ1) is 9.93. The minimum absolute atomic E-state index is 0.819. The monoisotopic (exact) mass is 209 g/mol. The normalized spacial score (nSPS) is 21.3. The van der Waals surface area contributed by atoms with Crippen LogP contribution in [0.4, 0.5) is 0 Å². The molecule has 1 aliphatic rings. The average molecular weight is 209 g/mol. The van der Waals surface area contributed by atoms with E-state index in [1.807, 2.05) is 12.4 Å². The summed E-state index contributed by atoms with van der Waals surface area (Å²) >= 11 is 2.08. The Kier molecular flexibility index (Phi) is 3.77. The maximum Gasteiger partial charge on any atom is 0.115 e. The molecule has 2 rings (SSSR count). The summed E-state index contributed by atoms with van der Waals surface area (Å²) < 4.78 is 0. The minimum atomic E-state index is 0.819. The van der Waals surface area contributed by atoms with Gasteiger partial charge in [-0.05, 0) is 18.6 Å². The standard InChI is InChI=1S/C10H15N3S/c1-2-10(14-3-1)7-11-4-9-5-12-8-13-6-9/h5-6,8,10-11H,1-4,7H2. The van der Waals surface area contributed by atoms with Crippen LogP contribution in [0.15, 0.2) is 18.7 Å². The van der Waals surface area contributed by atoms with Gasteiger partial charge in [0, 0.05) is 36.3 Å². The Bertz CT molecular complexity index is 259. The predicted molar refractivity (Wildman–Crippen MR) is 59.2 cm³/mol. The van der Waals surface area contributed by atoms with Crippen molar-refractivity contribution in [1.29, 1.82) is 0 Å². The second kappa shape index (κ2) is 5.32. The summed E-state index contributed by atoms with van der Waals surface area (Å²) in [6, 6.07) is 0. The zero-order valence-electron chi connectivity index (χ0n) is 8.15. The Morgan fingerprint density at radius 2 is 2.29 bits per heavy atom. The minimum Gasteiger partial charge on any atom is -0.311 e. The number of hydrogen-bond donors (Lipinski definition) is 1. The van der Waals surface area contributed by atoms with Crippen LogP contribution in [0.3, 0.4) is 0 Å². The van der Waals surface area contributed by atoms with E-state index in [9.17, 15) is 0 Å². The van der Waals surface area contributed by atoms with Crippen molar-refractivity contribution in [3.8, 4) is 0 Å². The van der Waals surface area contributed by atoms with Crippen molar-refractivity contribution in [2.75, 3.05) is 12.3 Å². The molecular formula is C10H15N3S. The maximum absolute atomic E-state index is 3.98. The molecule has 76 valence electrons. The number of rotatable bonds is 4. The van der Waals surface area contributed by atoms with Gasteiger partial charge in [-0.15, -0.1) is 0 Å². The molecule has 1 aromatic heterocycles. The zero-order chi connectivity index (χ0) is 9.64. The zero-order valence-corrected chi connectivity index (χ0v) is 8.96. The molecule has 0 spiro atoms. The van der Waals surface area contributed by atoms with Crippen LogP contribution in [-0.2, 0) is 6.54 Å². The molecule has 2 heterocycles. The third-order valence-corrected chi connectivity index (χ3v) is 3.74. The third-order valence-electron chi connectivity index (χ3n) is 2.34. The van der Waals surface area contributed by atoms with Crippen molar-refractivity contribution < 1.29 is 0 Å². The average Bonchev–Trinajstić information content (AvgIpc) is 2.72. The van der Waals surface area contributed by atoms with Gasteiger partial charge >= 0.3 is 0 Å². The number of nitrogens with zero attached hydrogens (tertiary/aromatic N) is 2. The molecule has 0 aromatic carbocycles. The molecule has 0 bridgehead atoms. The van der Waals surface area contributed by atoms with Crippen LogP contribution >= 0.6 is 11.8 Å². The van der Waals surface area contributed by atoms with Gasteiger partial charge in [-0.3, -0.25) is 0 Å². The van der Waals surface area contributed by atoms with Gasteiger partial charge in [0.05, 0.1) is 0 Å². The summed E-state index contributed by atoms with van der Waals surface area (Å²) in [6.07, 6.45) is 8.04. The Labute approximate surface area is 88.7 Å². The number of aromatic nitrogens is 2. The smallest absolute Gasteiger partial charge is 0.115 e. The van der Waals surface area contributed by atoms with Crippen molar-refractivity contribution in [1.82, 2.24) is 15.3 Å². The van der Waals surface area contributed by atoms with E-state index < -0.39 is 0 Å². The van der Waals surface area contributed by atoms with Crippen LogP contribution in [-0.4, -0.2) is 27.5 Å². The van der Waals surface area contributed by atoms with E-state index in [4.69, 9.17) is 0 Å². The first-order chi connectivity index (χ1) is 6.95. The van der Waals surface area contributed by atoms with Crippen molar-refractivity contribution in [3.63, 3.8) is 0 Å². The molecule has 1 fully saturated rings. The Morgan fingerprint density at radius 3 is 3.00 bits per heavy atom. The van der Waals surface area contributed by atoms with Gasteiger partial charge in [0.1, 0.15) is 6.33 Å². The lowest BCUT2D eigenvalue weighted by Gasteiger charge is -2.09. The fourth-order valence-corrected chi connectivity index (χ4v) is 2.84. The molecule has 1 aliphatic heterocycles. The molecule has 1 N–H and O–H groups in total. The highest BCUT2D eigenvalue weighted by atomic mass is 32.2. The van der Waals surface area contributed by atoms with E-state index in [0.29, 0.717) is 0 Å². The molecule has 14 heavy (non-hydrogen) atoms. The van der Waals surface area contributed by atoms with Gasteiger partial charge in [-0.25, -0.2) is 9.97 Å². The van der Waals surface area contributed by atoms with Crippen LogP contribution in [0.5, 0.6) is 0 Å². The van der Waals surface area contributed by atoms with E-state index in [1.54, 1.807) is 6.33 Å². The fraction of sp³-hybridized carbons (Fsp3) is 0.600. The van der Waals surface area contributed by atoms with Crippen LogP contribution in [0.25, 0.3) is 0 Å². The van der Waals surface area contributed by atoms with E-state index in [0.717, 1.165) is 23.9 Å². The topological polar surface area (TPSA) is 37.8 Å². The van der Waals surface area contributed by atoms with Gasteiger partial charge in [-0.2, -0.15) is 11.8 Å². The molecular weight excluding hydrogens is 194 g/mol. The molecule has 1 atom stereocenters. The lowest BCUT2D eigenvalue weighted by atomic mass is 10.2. The molecule has 0 radical (unpaired) electrons. The van der Waals surface area contributed by atoms with E-state index in [1.165, 1.54) is 18.6 Å². The van der Waals surface area contributed by atoms with Crippen LogP contribution < -0.4 is 5.32 Å². The SMILES string of the molecule is c1ncc(CNCC2CCCS2)cn1. The summed E-state index contributed by atoms with van der Waals surface area (Å²) in [5.41, 5.74) is 1.16. The van der Waals surface area contributed by atoms with Gasteiger partial charge in [0.15, 0.2) is 0 Å². The highest BCUT2D eigenvalue weighted by molar-refractivity contribution is 8.00. The van der Waals surface area contributed by atoms with Crippen molar-refractivity contribution in [3.05, 3.63) is 24.3 Å². The molecule has 1 aromatic rings. The Balaban J connectivity index is 1.67. The van der Waals surface area contributed by atoms with Crippen molar-refractivity contribution in [2.45, 2.75) is 24.6 Å². The molecule has 0 saturated carbocycles. The second-order valence-corrected chi connectivity index (χ2v) is 4.92. The molecule has 4 heteroatoms. The maximum atomic E-state index is 3.98. The first-order valence-corrected chi connectivity index (χ1v) is 6.06. The molecule has 1 unspecified atom stereocenters. The summed E-state index contributed by atoms with van der Waals surface area (Å²) in [7, 11) is 0. The molecule has 0 aliphatic carbocycles. The van der Waals surface area contributed by atoms with E-state index in [-0.39, 0.29) is 0 Å². The number of nitrogens with one attached hydrogen (secondary N) is 1. The largest absolute Gasteiger partial charge is 0.311 e. The highest BCUT2D eigenvalue weighted by Gasteiger charge is 2.14. The summed E-state index contributed by atoms with van der Waals surface area (Å²) in [5, 5.41) is 4.26. The van der Waals surface area contributed by atoms with Gasteiger partial charge in [-0.1, -0.05) is 0 Å². The summed E-state index contributed by atoms with van der Waals surface area (Å²) in [6.45, 7) is 2.00. The Morgan fingerprint density at radius 1 is 1.43 bits per heavy atom. The van der Waals surface area contributed by atoms with Crippen LogP contribution in [0.2, 0.25) is 0 Å². The number of hydrogen-bond acceptors (Lipinski definition) is 4. The van der Waals surface area contributed by atoms with Gasteiger partial charge in [0.2, 0.25) is 0 Å². The Hall–Kier alpha value is -0.610. The van der Waals surface area contributed by atoms with Crippen molar-refractivity contribution >= 4 is 11.8 Å². The summed E-state index contributed by atoms with van der Waals surface area (Å²) in [5.74, 6) is 1.33. The van der Waals surface area contributed by atoms with E-state index in [2.05, 4.69) is 27.0 Å². The lowest BCUT2D eigenvalue weighted by molar-refractivity contribution is 0.643. The number of thioether (sulfide) groups is 1. The molecule has 1 saturated heterocycles. The van der Waals surface area contributed by atoms with Gasteiger partial charge in [0.25, 0.3) is 0 Å². The molecule has 0 amide bonds. The molecule has 3 nitrogen and oxygen atoms in total.